The molecule has 0 unspecified atom stereocenters. The number of pyridine rings is 1. The van der Waals surface area contributed by atoms with Gasteiger partial charge in [0.2, 0.25) is 0 Å². The summed E-state index contributed by atoms with van der Waals surface area (Å²) in [5.74, 6) is 0.517. The predicted octanol–water partition coefficient (Wildman–Crippen LogP) is 4.26. The fraction of sp³-hybridized carbons (Fsp3) is 0.263. The lowest BCUT2D eigenvalue weighted by atomic mass is 10.00. The van der Waals surface area contributed by atoms with Crippen LogP contribution >= 0.6 is 12.2 Å². The van der Waals surface area contributed by atoms with Crippen LogP contribution in [0.25, 0.3) is 16.9 Å². The van der Waals surface area contributed by atoms with E-state index >= 15 is 0 Å². The lowest BCUT2D eigenvalue weighted by Crippen LogP contribution is -2.13. The zero-order valence-corrected chi connectivity index (χ0v) is 14.5. The number of aromatic nitrogens is 2. The second-order valence-corrected chi connectivity index (χ2v) is 6.71. The highest BCUT2D eigenvalue weighted by Gasteiger charge is 2.16. The van der Waals surface area contributed by atoms with Gasteiger partial charge in [0.15, 0.2) is 0 Å². The molecule has 0 radical (unpaired) electrons. The van der Waals surface area contributed by atoms with Crippen molar-refractivity contribution >= 4 is 22.9 Å². The Labute approximate surface area is 142 Å². The molecule has 2 N–H and O–H groups in total. The molecule has 0 spiro atoms. The summed E-state index contributed by atoms with van der Waals surface area (Å²) in [5, 5.41) is 0. The third-order valence-electron chi connectivity index (χ3n) is 4.13. The Morgan fingerprint density at radius 1 is 1.17 bits per heavy atom. The molecule has 0 atom stereocenters. The number of hydrogen-bond donors (Lipinski definition) is 1. The Morgan fingerprint density at radius 3 is 2.48 bits per heavy atom. The Morgan fingerprint density at radius 2 is 1.87 bits per heavy atom. The number of rotatable bonds is 4. The first-order valence-electron chi connectivity index (χ1n) is 7.83. The molecular formula is C19H21N3S. The molecule has 0 aliphatic heterocycles. The van der Waals surface area contributed by atoms with Crippen LogP contribution in [0.2, 0.25) is 0 Å². The Balaban J connectivity index is 2.19. The van der Waals surface area contributed by atoms with Crippen LogP contribution in [0.1, 0.15) is 36.7 Å². The van der Waals surface area contributed by atoms with E-state index < -0.39 is 0 Å². The highest BCUT2D eigenvalue weighted by atomic mass is 32.1. The SMILES string of the molecule is Cc1cccc2nc(-c3ccc(C(C)C)cc3)c(CC(N)=S)n12. The number of nitrogens with two attached hydrogens (primary N) is 1. The molecule has 3 aromatic rings. The van der Waals surface area contributed by atoms with Crippen molar-refractivity contribution in [1.82, 2.24) is 9.38 Å². The van der Waals surface area contributed by atoms with E-state index in [0.29, 0.717) is 17.3 Å². The van der Waals surface area contributed by atoms with Crippen LogP contribution in [0.3, 0.4) is 0 Å². The van der Waals surface area contributed by atoms with Crippen LogP contribution in [-0.4, -0.2) is 14.4 Å². The van der Waals surface area contributed by atoms with Crippen molar-refractivity contribution in [2.45, 2.75) is 33.1 Å². The van der Waals surface area contributed by atoms with Crippen LogP contribution in [0.5, 0.6) is 0 Å². The van der Waals surface area contributed by atoms with Gasteiger partial charge >= 0.3 is 0 Å². The van der Waals surface area contributed by atoms with E-state index in [0.717, 1.165) is 28.3 Å². The molecule has 2 aromatic heterocycles. The molecule has 1 aromatic carbocycles. The Bertz CT molecular complexity index is 860. The van der Waals surface area contributed by atoms with Gasteiger partial charge in [0.1, 0.15) is 5.65 Å². The van der Waals surface area contributed by atoms with Gasteiger partial charge in [-0.05, 0) is 30.5 Å². The summed E-state index contributed by atoms with van der Waals surface area (Å²) in [5.41, 5.74) is 12.3. The third-order valence-corrected chi connectivity index (χ3v) is 4.27. The van der Waals surface area contributed by atoms with Gasteiger partial charge in [-0.15, -0.1) is 0 Å². The molecule has 0 saturated carbocycles. The summed E-state index contributed by atoms with van der Waals surface area (Å²) in [6.07, 6.45) is 0.544. The largest absolute Gasteiger partial charge is 0.393 e. The van der Waals surface area contributed by atoms with E-state index in [-0.39, 0.29) is 0 Å². The molecule has 4 heteroatoms. The maximum atomic E-state index is 5.83. The lowest BCUT2D eigenvalue weighted by molar-refractivity contribution is 0.867. The van der Waals surface area contributed by atoms with Gasteiger partial charge in [-0.3, -0.25) is 0 Å². The minimum absolute atomic E-state index is 0.482. The van der Waals surface area contributed by atoms with Crippen molar-refractivity contribution in [2.24, 2.45) is 5.73 Å². The smallest absolute Gasteiger partial charge is 0.137 e. The minimum atomic E-state index is 0.482. The van der Waals surface area contributed by atoms with Crippen molar-refractivity contribution < 1.29 is 0 Å². The first-order valence-corrected chi connectivity index (χ1v) is 8.23. The minimum Gasteiger partial charge on any atom is -0.393 e. The monoisotopic (exact) mass is 323 g/mol. The lowest BCUT2D eigenvalue weighted by Gasteiger charge is -2.08. The van der Waals surface area contributed by atoms with Crippen molar-refractivity contribution in [3.05, 3.63) is 59.4 Å². The Kier molecular flexibility index (Phi) is 4.18. The maximum Gasteiger partial charge on any atom is 0.137 e. The van der Waals surface area contributed by atoms with Gasteiger partial charge < -0.3 is 10.1 Å². The average Bonchev–Trinajstić information content (AvgIpc) is 2.86. The molecule has 0 aliphatic carbocycles. The number of nitrogens with zero attached hydrogens (tertiary/aromatic N) is 2. The molecule has 0 aliphatic rings. The summed E-state index contributed by atoms with van der Waals surface area (Å²) in [6, 6.07) is 14.7. The van der Waals surface area contributed by atoms with Crippen molar-refractivity contribution in [1.29, 1.82) is 0 Å². The molecule has 3 rings (SSSR count). The quantitative estimate of drug-likeness (QED) is 0.730. The van der Waals surface area contributed by atoms with Crippen molar-refractivity contribution in [3.63, 3.8) is 0 Å². The molecule has 0 saturated heterocycles. The van der Waals surface area contributed by atoms with E-state index in [2.05, 4.69) is 55.5 Å². The van der Waals surface area contributed by atoms with Gasteiger partial charge in [-0.2, -0.15) is 0 Å². The summed E-state index contributed by atoms with van der Waals surface area (Å²) in [6.45, 7) is 6.46. The summed E-state index contributed by atoms with van der Waals surface area (Å²) >= 11 is 5.15. The van der Waals surface area contributed by atoms with E-state index in [1.165, 1.54) is 5.56 Å². The first-order chi connectivity index (χ1) is 11.0. The molecule has 2 heterocycles. The molecular weight excluding hydrogens is 302 g/mol. The molecule has 0 bridgehead atoms. The summed E-state index contributed by atoms with van der Waals surface area (Å²) < 4.78 is 2.14. The zero-order valence-electron chi connectivity index (χ0n) is 13.7. The van der Waals surface area contributed by atoms with E-state index in [4.69, 9.17) is 22.9 Å². The van der Waals surface area contributed by atoms with Crippen molar-refractivity contribution in [2.75, 3.05) is 0 Å². The number of hydrogen-bond acceptors (Lipinski definition) is 2. The fourth-order valence-corrected chi connectivity index (χ4v) is 3.05. The predicted molar refractivity (Wildman–Crippen MR) is 99.9 cm³/mol. The first kappa shape index (κ1) is 15.7. The number of fused-ring (bicyclic) bond motifs is 1. The molecule has 3 nitrogen and oxygen atoms in total. The summed E-state index contributed by atoms with van der Waals surface area (Å²) in [7, 11) is 0. The molecule has 118 valence electrons. The van der Waals surface area contributed by atoms with Gasteiger partial charge in [0.25, 0.3) is 0 Å². The number of aryl methyl sites for hydroxylation is 1. The van der Waals surface area contributed by atoms with Gasteiger partial charge in [0.05, 0.1) is 16.4 Å². The molecule has 0 fully saturated rings. The van der Waals surface area contributed by atoms with E-state index in [1.54, 1.807) is 0 Å². The summed E-state index contributed by atoms with van der Waals surface area (Å²) in [4.78, 5) is 5.30. The van der Waals surface area contributed by atoms with Gasteiger partial charge in [-0.25, -0.2) is 4.98 Å². The van der Waals surface area contributed by atoms with Crippen LogP contribution in [0, 0.1) is 6.92 Å². The second kappa shape index (κ2) is 6.13. The molecule has 0 amide bonds. The van der Waals surface area contributed by atoms with Crippen LogP contribution in [0.4, 0.5) is 0 Å². The van der Waals surface area contributed by atoms with Crippen LogP contribution in [0.15, 0.2) is 42.5 Å². The second-order valence-electron chi connectivity index (χ2n) is 6.19. The normalized spacial score (nSPS) is 11.3. The Hall–Kier alpha value is -2.20. The number of thiocarbonyl (C=S) groups is 1. The highest BCUT2D eigenvalue weighted by molar-refractivity contribution is 7.80. The van der Waals surface area contributed by atoms with E-state index in [1.807, 2.05) is 12.1 Å². The average molecular weight is 323 g/mol. The standard InChI is InChI=1S/C19H21N3S/c1-12(2)14-7-9-15(10-8-14)19-16(11-17(20)23)22-13(3)5-4-6-18(22)21-19/h4-10,12H,11H2,1-3H3,(H2,20,23). The van der Waals surface area contributed by atoms with Gasteiger partial charge in [0, 0.05) is 17.7 Å². The molecule has 23 heavy (non-hydrogen) atoms. The number of imidazole rings is 1. The van der Waals surface area contributed by atoms with Crippen molar-refractivity contribution in [3.8, 4) is 11.3 Å². The fourth-order valence-electron chi connectivity index (χ4n) is 2.91. The number of benzene rings is 1. The maximum absolute atomic E-state index is 5.83. The highest BCUT2D eigenvalue weighted by Crippen LogP contribution is 2.27. The van der Waals surface area contributed by atoms with Crippen LogP contribution in [-0.2, 0) is 6.42 Å². The zero-order chi connectivity index (χ0) is 16.6. The topological polar surface area (TPSA) is 43.3 Å². The van der Waals surface area contributed by atoms with E-state index in [9.17, 15) is 0 Å². The third kappa shape index (κ3) is 2.99. The van der Waals surface area contributed by atoms with Gasteiger partial charge in [-0.1, -0.05) is 56.4 Å². The van der Waals surface area contributed by atoms with Crippen LogP contribution < -0.4 is 5.73 Å².